The number of halogens is 2. The van der Waals surface area contributed by atoms with Crippen LogP contribution in [0.4, 0.5) is 4.39 Å². The van der Waals surface area contributed by atoms with Crippen LogP contribution in [0.15, 0.2) is 36.4 Å². The summed E-state index contributed by atoms with van der Waals surface area (Å²) >= 11 is 5.77. The molecule has 0 aliphatic carbocycles. The van der Waals surface area contributed by atoms with E-state index in [9.17, 15) is 9.18 Å². The Kier molecular flexibility index (Phi) is 4.25. The molecular weight excluding hydrogens is 283 g/mol. The van der Waals surface area contributed by atoms with E-state index in [-0.39, 0.29) is 23.0 Å². The fourth-order valence-electron chi connectivity index (χ4n) is 1.71. The molecule has 0 heterocycles. The Morgan fingerprint density at radius 3 is 2.75 bits per heavy atom. The molecule has 0 atom stereocenters. The number of carbonyl (C=O) groups is 1. The molecule has 0 bridgehead atoms. The average Bonchev–Trinajstić information content (AvgIpc) is 2.41. The zero-order valence-corrected chi connectivity index (χ0v) is 11.4. The van der Waals surface area contributed by atoms with E-state index >= 15 is 0 Å². The lowest BCUT2D eigenvalue weighted by atomic mass is 10.1. The van der Waals surface area contributed by atoms with Crippen LogP contribution in [0.1, 0.15) is 21.5 Å². The Balaban J connectivity index is 2.17. The Labute approximate surface area is 120 Å². The van der Waals surface area contributed by atoms with E-state index in [1.807, 2.05) is 6.92 Å². The molecule has 0 fully saturated rings. The molecule has 0 unspecified atom stereocenters. The van der Waals surface area contributed by atoms with Crippen molar-refractivity contribution >= 4 is 17.6 Å². The molecule has 2 aromatic rings. The van der Waals surface area contributed by atoms with Crippen molar-refractivity contribution in [3.8, 4) is 5.75 Å². The smallest absolute Gasteiger partial charge is 0.337 e. The zero-order chi connectivity index (χ0) is 14.7. The Morgan fingerprint density at radius 2 is 2.05 bits per heavy atom. The van der Waals surface area contributed by atoms with Gasteiger partial charge < -0.3 is 9.84 Å². The monoisotopic (exact) mass is 294 g/mol. The standard InChI is InChI=1S/C15H12ClFO3/c1-9-2-3-11(17)6-10(9)8-20-12-4-5-14(16)13(7-12)15(18)19/h2-7H,8H2,1H3,(H,18,19). The summed E-state index contributed by atoms with van der Waals surface area (Å²) in [4.78, 5) is 11.0. The van der Waals surface area contributed by atoms with Gasteiger partial charge in [-0.2, -0.15) is 0 Å². The molecule has 0 aromatic heterocycles. The molecule has 0 saturated carbocycles. The van der Waals surface area contributed by atoms with E-state index in [1.54, 1.807) is 12.1 Å². The highest BCUT2D eigenvalue weighted by atomic mass is 35.5. The number of rotatable bonds is 4. The second kappa shape index (κ2) is 5.92. The van der Waals surface area contributed by atoms with Crippen LogP contribution >= 0.6 is 11.6 Å². The van der Waals surface area contributed by atoms with Crippen LogP contribution < -0.4 is 4.74 Å². The third-order valence-electron chi connectivity index (χ3n) is 2.87. The van der Waals surface area contributed by atoms with Crippen molar-refractivity contribution in [1.82, 2.24) is 0 Å². The van der Waals surface area contributed by atoms with Gasteiger partial charge in [0.25, 0.3) is 0 Å². The van der Waals surface area contributed by atoms with E-state index < -0.39 is 5.97 Å². The second-order valence-electron chi connectivity index (χ2n) is 4.31. The first-order valence-electron chi connectivity index (χ1n) is 5.88. The first-order chi connectivity index (χ1) is 9.47. The topological polar surface area (TPSA) is 46.5 Å². The van der Waals surface area contributed by atoms with Crippen LogP contribution in [0.2, 0.25) is 5.02 Å². The van der Waals surface area contributed by atoms with Gasteiger partial charge in [-0.05, 0) is 48.4 Å². The number of benzene rings is 2. The lowest BCUT2D eigenvalue weighted by Gasteiger charge is -2.10. The van der Waals surface area contributed by atoms with Gasteiger partial charge in [0.15, 0.2) is 0 Å². The van der Waals surface area contributed by atoms with Crippen molar-refractivity contribution < 1.29 is 19.0 Å². The third kappa shape index (κ3) is 3.27. The maximum absolute atomic E-state index is 13.1. The van der Waals surface area contributed by atoms with Gasteiger partial charge in [0.2, 0.25) is 0 Å². The van der Waals surface area contributed by atoms with E-state index in [0.717, 1.165) is 5.56 Å². The van der Waals surface area contributed by atoms with E-state index in [1.165, 1.54) is 24.3 Å². The van der Waals surface area contributed by atoms with Crippen LogP contribution in [0, 0.1) is 12.7 Å². The molecular formula is C15H12ClFO3. The number of aryl methyl sites for hydroxylation is 1. The summed E-state index contributed by atoms with van der Waals surface area (Å²) in [5.41, 5.74) is 1.58. The molecule has 0 aliphatic rings. The summed E-state index contributed by atoms with van der Waals surface area (Å²) in [7, 11) is 0. The molecule has 104 valence electrons. The number of aromatic carboxylic acids is 1. The summed E-state index contributed by atoms with van der Waals surface area (Å²) < 4.78 is 18.6. The minimum Gasteiger partial charge on any atom is -0.489 e. The molecule has 1 N–H and O–H groups in total. The van der Waals surface area contributed by atoms with Crippen molar-refractivity contribution in [3.05, 3.63) is 63.9 Å². The average molecular weight is 295 g/mol. The summed E-state index contributed by atoms with van der Waals surface area (Å²) in [5, 5.41) is 9.11. The Hall–Kier alpha value is -2.07. The lowest BCUT2D eigenvalue weighted by molar-refractivity contribution is 0.0696. The van der Waals surface area contributed by atoms with E-state index in [0.29, 0.717) is 11.3 Å². The number of hydrogen-bond acceptors (Lipinski definition) is 2. The quantitative estimate of drug-likeness (QED) is 0.925. The molecule has 0 aliphatic heterocycles. The van der Waals surface area contributed by atoms with Gasteiger partial charge in [-0.15, -0.1) is 0 Å². The minimum atomic E-state index is -1.12. The van der Waals surface area contributed by atoms with Crippen molar-refractivity contribution in [2.75, 3.05) is 0 Å². The van der Waals surface area contributed by atoms with E-state index in [2.05, 4.69) is 0 Å². The number of ether oxygens (including phenoxy) is 1. The molecule has 0 saturated heterocycles. The fraction of sp³-hybridized carbons (Fsp3) is 0.133. The molecule has 20 heavy (non-hydrogen) atoms. The summed E-state index contributed by atoms with van der Waals surface area (Å²) in [5.74, 6) is -1.09. The van der Waals surface area contributed by atoms with Gasteiger partial charge in [0, 0.05) is 0 Å². The third-order valence-corrected chi connectivity index (χ3v) is 3.20. The van der Waals surface area contributed by atoms with Crippen molar-refractivity contribution in [1.29, 1.82) is 0 Å². The maximum Gasteiger partial charge on any atom is 0.337 e. The maximum atomic E-state index is 13.1. The normalized spacial score (nSPS) is 10.3. The molecule has 3 nitrogen and oxygen atoms in total. The fourth-order valence-corrected chi connectivity index (χ4v) is 1.91. The predicted octanol–water partition coefficient (Wildman–Crippen LogP) is 4.06. The van der Waals surface area contributed by atoms with Crippen LogP contribution in [0.3, 0.4) is 0 Å². The molecule has 2 rings (SSSR count). The molecule has 5 heteroatoms. The van der Waals surface area contributed by atoms with Gasteiger partial charge in [-0.1, -0.05) is 17.7 Å². The van der Waals surface area contributed by atoms with Crippen molar-refractivity contribution in [2.45, 2.75) is 13.5 Å². The van der Waals surface area contributed by atoms with Crippen molar-refractivity contribution in [3.63, 3.8) is 0 Å². The van der Waals surface area contributed by atoms with Gasteiger partial charge in [0.1, 0.15) is 18.2 Å². The van der Waals surface area contributed by atoms with Crippen LogP contribution in [0.5, 0.6) is 5.75 Å². The van der Waals surface area contributed by atoms with Crippen LogP contribution in [0.25, 0.3) is 0 Å². The Morgan fingerprint density at radius 1 is 1.30 bits per heavy atom. The molecule has 0 amide bonds. The summed E-state index contributed by atoms with van der Waals surface area (Å²) in [6.07, 6.45) is 0. The number of carboxylic acid groups (broad SMARTS) is 1. The highest BCUT2D eigenvalue weighted by Gasteiger charge is 2.10. The van der Waals surface area contributed by atoms with Gasteiger partial charge in [-0.25, -0.2) is 9.18 Å². The lowest BCUT2D eigenvalue weighted by Crippen LogP contribution is -2.01. The first kappa shape index (κ1) is 14.3. The molecule has 0 radical (unpaired) electrons. The first-order valence-corrected chi connectivity index (χ1v) is 6.26. The van der Waals surface area contributed by atoms with Crippen LogP contribution in [-0.4, -0.2) is 11.1 Å². The summed E-state index contributed by atoms with van der Waals surface area (Å²) in [6, 6.07) is 8.81. The molecule has 0 spiro atoms. The van der Waals surface area contributed by atoms with Gasteiger partial charge in [0.05, 0.1) is 10.6 Å². The largest absolute Gasteiger partial charge is 0.489 e. The Bertz CT molecular complexity index is 656. The predicted molar refractivity (Wildman–Crippen MR) is 73.9 cm³/mol. The van der Waals surface area contributed by atoms with Gasteiger partial charge >= 0.3 is 5.97 Å². The highest BCUT2D eigenvalue weighted by molar-refractivity contribution is 6.33. The SMILES string of the molecule is Cc1ccc(F)cc1COc1ccc(Cl)c(C(=O)O)c1. The van der Waals surface area contributed by atoms with Crippen molar-refractivity contribution in [2.24, 2.45) is 0 Å². The van der Waals surface area contributed by atoms with E-state index in [4.69, 9.17) is 21.4 Å². The number of carboxylic acids is 1. The minimum absolute atomic E-state index is 0.0277. The van der Waals surface area contributed by atoms with Crippen LogP contribution in [-0.2, 0) is 6.61 Å². The highest BCUT2D eigenvalue weighted by Crippen LogP contribution is 2.23. The van der Waals surface area contributed by atoms with Gasteiger partial charge in [-0.3, -0.25) is 0 Å². The number of hydrogen-bond donors (Lipinski definition) is 1. The molecule has 2 aromatic carbocycles. The summed E-state index contributed by atoms with van der Waals surface area (Å²) in [6.45, 7) is 2.01. The zero-order valence-electron chi connectivity index (χ0n) is 10.7. The second-order valence-corrected chi connectivity index (χ2v) is 4.71.